The zero-order chi connectivity index (χ0) is 24.3. The Kier molecular flexibility index (Phi) is 7.24. The molecule has 34 heavy (non-hydrogen) atoms. The van der Waals surface area contributed by atoms with Gasteiger partial charge in [-0.15, -0.1) is 13.2 Å². The average Bonchev–Trinajstić information content (AvgIpc) is 2.79. The topological polar surface area (TPSA) is 9.23 Å². The number of aryl methyl sites for hydroxylation is 2. The first-order chi connectivity index (χ1) is 16.3. The van der Waals surface area contributed by atoms with E-state index in [-0.39, 0.29) is 11.1 Å². The van der Waals surface area contributed by atoms with E-state index in [0.29, 0.717) is 24.0 Å². The Balaban J connectivity index is 1.58. The number of hydrogen-bond acceptors (Lipinski definition) is 1. The van der Waals surface area contributed by atoms with Crippen LogP contribution in [0.5, 0.6) is 5.75 Å². The van der Waals surface area contributed by atoms with Crippen LogP contribution in [0.25, 0.3) is 22.3 Å². The van der Waals surface area contributed by atoms with Crippen molar-refractivity contribution in [3.05, 3.63) is 76.9 Å². The lowest BCUT2D eigenvalue weighted by atomic mass is 9.82. The number of benzene rings is 3. The van der Waals surface area contributed by atoms with Gasteiger partial charge in [-0.3, -0.25) is 0 Å². The van der Waals surface area contributed by atoms with E-state index in [1.54, 1.807) is 0 Å². The number of hydrogen-bond donors (Lipinski definition) is 0. The molecule has 6 heteroatoms. The van der Waals surface area contributed by atoms with E-state index in [1.807, 2.05) is 12.1 Å². The molecule has 0 spiro atoms. The van der Waals surface area contributed by atoms with Crippen molar-refractivity contribution in [2.45, 2.75) is 64.7 Å². The summed E-state index contributed by atoms with van der Waals surface area (Å²) in [6, 6.07) is 12.1. The Labute approximate surface area is 196 Å². The van der Waals surface area contributed by atoms with Gasteiger partial charge in [0, 0.05) is 0 Å². The average molecular weight is 475 g/mol. The summed E-state index contributed by atoms with van der Waals surface area (Å²) < 4.78 is 71.6. The molecule has 0 fully saturated rings. The molecular formula is C28H27F5O. The summed E-state index contributed by atoms with van der Waals surface area (Å²) in [6.07, 6.45) is 3.32. The molecule has 1 aliphatic carbocycles. The molecule has 180 valence electrons. The van der Waals surface area contributed by atoms with Crippen molar-refractivity contribution in [1.82, 2.24) is 0 Å². The van der Waals surface area contributed by atoms with E-state index in [9.17, 15) is 13.2 Å². The van der Waals surface area contributed by atoms with E-state index >= 15 is 8.78 Å². The van der Waals surface area contributed by atoms with Gasteiger partial charge in [-0.25, -0.2) is 8.78 Å². The highest BCUT2D eigenvalue weighted by Crippen LogP contribution is 2.40. The summed E-state index contributed by atoms with van der Waals surface area (Å²) in [6.45, 7) is 2.19. The van der Waals surface area contributed by atoms with Crippen LogP contribution in [0.2, 0.25) is 0 Å². The van der Waals surface area contributed by atoms with Gasteiger partial charge in [0.15, 0.2) is 0 Å². The highest BCUT2D eigenvalue weighted by Gasteiger charge is 2.31. The van der Waals surface area contributed by atoms with E-state index in [1.165, 1.54) is 49.4 Å². The summed E-state index contributed by atoms with van der Waals surface area (Å²) >= 11 is 0. The number of alkyl halides is 3. The first-order valence-electron chi connectivity index (χ1n) is 11.8. The van der Waals surface area contributed by atoms with Gasteiger partial charge in [0.2, 0.25) is 0 Å². The lowest BCUT2D eigenvalue weighted by Gasteiger charge is -2.23. The Bertz CT molecular complexity index is 1150. The molecule has 0 aromatic heterocycles. The fourth-order valence-electron chi connectivity index (χ4n) is 4.70. The maximum Gasteiger partial charge on any atom is 0.573 e. The van der Waals surface area contributed by atoms with Crippen molar-refractivity contribution in [2.24, 2.45) is 0 Å². The number of unbranched alkanes of at least 4 members (excludes halogenated alkanes) is 4. The first-order valence-corrected chi connectivity index (χ1v) is 11.8. The molecule has 0 saturated heterocycles. The smallest absolute Gasteiger partial charge is 0.406 e. The van der Waals surface area contributed by atoms with Gasteiger partial charge in [-0.1, -0.05) is 62.9 Å². The number of halogens is 5. The molecule has 3 aromatic carbocycles. The van der Waals surface area contributed by atoms with Crippen LogP contribution in [0, 0.1) is 11.6 Å². The van der Waals surface area contributed by atoms with Gasteiger partial charge in [0.25, 0.3) is 0 Å². The molecule has 0 atom stereocenters. The van der Waals surface area contributed by atoms with Crippen LogP contribution in [-0.2, 0) is 19.3 Å². The summed E-state index contributed by atoms with van der Waals surface area (Å²) in [4.78, 5) is 0. The van der Waals surface area contributed by atoms with Crippen molar-refractivity contribution in [3.63, 3.8) is 0 Å². The molecule has 3 aromatic rings. The minimum atomic E-state index is -4.83. The second kappa shape index (κ2) is 10.2. The fraction of sp³-hybridized carbons (Fsp3) is 0.357. The molecular weight excluding hydrogens is 447 g/mol. The van der Waals surface area contributed by atoms with Crippen molar-refractivity contribution >= 4 is 0 Å². The summed E-state index contributed by atoms with van der Waals surface area (Å²) in [7, 11) is 0. The van der Waals surface area contributed by atoms with Gasteiger partial charge in [-0.2, -0.15) is 0 Å². The molecule has 0 amide bonds. The van der Waals surface area contributed by atoms with Gasteiger partial charge < -0.3 is 4.74 Å². The maximum absolute atomic E-state index is 15.5. The Morgan fingerprint density at radius 3 is 2.26 bits per heavy atom. The quantitative estimate of drug-likeness (QED) is 0.234. The largest absolute Gasteiger partial charge is 0.573 e. The van der Waals surface area contributed by atoms with Crippen LogP contribution in [0.3, 0.4) is 0 Å². The highest BCUT2D eigenvalue weighted by molar-refractivity contribution is 5.78. The molecule has 0 bridgehead atoms. The predicted octanol–water partition coefficient (Wildman–Crippen LogP) is 8.81. The van der Waals surface area contributed by atoms with Crippen molar-refractivity contribution < 1.29 is 26.7 Å². The predicted molar refractivity (Wildman–Crippen MR) is 124 cm³/mol. The molecule has 0 aliphatic heterocycles. The van der Waals surface area contributed by atoms with E-state index in [2.05, 4.69) is 17.7 Å². The third-order valence-electron chi connectivity index (χ3n) is 6.37. The lowest BCUT2D eigenvalue weighted by Crippen LogP contribution is -2.17. The van der Waals surface area contributed by atoms with Gasteiger partial charge in [0.1, 0.15) is 17.4 Å². The number of rotatable bonds is 8. The van der Waals surface area contributed by atoms with E-state index in [0.717, 1.165) is 36.1 Å². The third kappa shape index (κ3) is 5.43. The summed E-state index contributed by atoms with van der Waals surface area (Å²) in [5, 5.41) is 0. The second-order valence-electron chi connectivity index (χ2n) is 8.80. The molecule has 0 unspecified atom stereocenters. The molecule has 0 radical (unpaired) electrons. The Hall–Kier alpha value is -2.89. The second-order valence-corrected chi connectivity index (χ2v) is 8.80. The maximum atomic E-state index is 15.5. The number of fused-ring (bicyclic) bond motifs is 3. The SMILES string of the molecule is CCCCCCCc1ccc2c(c1)CCc1c-2cc(F)c(-c2ccc(OC(F)(F)F)cc2)c1F. The number of ether oxygens (including phenoxy) is 1. The van der Waals surface area contributed by atoms with Crippen LogP contribution in [0.4, 0.5) is 22.0 Å². The highest BCUT2D eigenvalue weighted by atomic mass is 19.4. The molecule has 4 rings (SSSR count). The van der Waals surface area contributed by atoms with Crippen LogP contribution in [-0.4, -0.2) is 6.36 Å². The molecule has 0 heterocycles. The minimum absolute atomic E-state index is 0.163. The zero-order valence-corrected chi connectivity index (χ0v) is 19.1. The molecule has 1 aliphatic rings. The molecule has 0 saturated carbocycles. The molecule has 1 nitrogen and oxygen atoms in total. The monoisotopic (exact) mass is 474 g/mol. The van der Waals surface area contributed by atoms with E-state index in [4.69, 9.17) is 0 Å². The minimum Gasteiger partial charge on any atom is -0.406 e. The van der Waals surface area contributed by atoms with Crippen LogP contribution < -0.4 is 4.74 Å². The van der Waals surface area contributed by atoms with Crippen LogP contribution >= 0.6 is 0 Å². The van der Waals surface area contributed by atoms with Crippen LogP contribution in [0.1, 0.15) is 55.7 Å². The normalized spacial score (nSPS) is 12.9. The molecule has 0 N–H and O–H groups in total. The summed E-state index contributed by atoms with van der Waals surface area (Å²) in [5.74, 6) is -1.84. The van der Waals surface area contributed by atoms with Crippen LogP contribution in [0.15, 0.2) is 48.5 Å². The first kappa shape index (κ1) is 24.2. The zero-order valence-electron chi connectivity index (χ0n) is 19.1. The van der Waals surface area contributed by atoms with Crippen molar-refractivity contribution in [2.75, 3.05) is 0 Å². The third-order valence-corrected chi connectivity index (χ3v) is 6.37. The fourth-order valence-corrected chi connectivity index (χ4v) is 4.70. The van der Waals surface area contributed by atoms with Gasteiger partial charge in [0.05, 0.1) is 5.56 Å². The Morgan fingerprint density at radius 2 is 1.56 bits per heavy atom. The Morgan fingerprint density at radius 1 is 0.824 bits per heavy atom. The summed E-state index contributed by atoms with van der Waals surface area (Å²) in [5.41, 5.74) is 4.10. The lowest BCUT2D eigenvalue weighted by molar-refractivity contribution is -0.274. The van der Waals surface area contributed by atoms with E-state index < -0.39 is 23.7 Å². The van der Waals surface area contributed by atoms with Gasteiger partial charge >= 0.3 is 6.36 Å². The van der Waals surface area contributed by atoms with Crippen molar-refractivity contribution in [1.29, 1.82) is 0 Å². The standard InChI is InChI=1S/C28H27F5O/c1-2-3-4-5-6-7-18-8-14-22-20(16-18)11-15-23-24(22)17-25(29)26(27(23)30)19-9-12-21(13-10-19)34-28(31,32)33/h8-10,12-14,16-17H,2-7,11,15H2,1H3. The van der Waals surface area contributed by atoms with Crippen molar-refractivity contribution in [3.8, 4) is 28.0 Å². The van der Waals surface area contributed by atoms with Gasteiger partial charge in [-0.05, 0) is 77.3 Å².